The lowest BCUT2D eigenvalue weighted by Crippen LogP contribution is -2.25. The standard InChI is InChI=1S/C10H17N3OS/c1-8-9(7-11)15-10(12-8)13-3-2-5-14-6-4-13/h2-7,11H2,1H3. The van der Waals surface area contributed by atoms with Crippen molar-refractivity contribution in [1.29, 1.82) is 0 Å². The highest BCUT2D eigenvalue weighted by Gasteiger charge is 2.15. The van der Waals surface area contributed by atoms with Crippen LogP contribution < -0.4 is 10.6 Å². The van der Waals surface area contributed by atoms with Crippen LogP contribution in [0, 0.1) is 6.92 Å². The van der Waals surface area contributed by atoms with E-state index in [4.69, 9.17) is 10.5 Å². The van der Waals surface area contributed by atoms with Gasteiger partial charge < -0.3 is 15.4 Å². The Hall–Kier alpha value is -0.650. The average molecular weight is 227 g/mol. The van der Waals surface area contributed by atoms with Crippen LogP contribution in [0.15, 0.2) is 0 Å². The first kappa shape index (κ1) is 10.9. The maximum Gasteiger partial charge on any atom is 0.185 e. The molecule has 0 amide bonds. The fourth-order valence-corrected chi connectivity index (χ4v) is 2.67. The van der Waals surface area contributed by atoms with Gasteiger partial charge in [0.2, 0.25) is 0 Å². The second-order valence-corrected chi connectivity index (χ2v) is 4.72. The molecule has 15 heavy (non-hydrogen) atoms. The van der Waals surface area contributed by atoms with Crippen molar-refractivity contribution in [1.82, 2.24) is 4.98 Å². The molecule has 2 heterocycles. The summed E-state index contributed by atoms with van der Waals surface area (Å²) in [6.45, 7) is 6.26. The van der Waals surface area contributed by atoms with Crippen molar-refractivity contribution >= 4 is 16.5 Å². The predicted molar refractivity (Wildman–Crippen MR) is 62.4 cm³/mol. The van der Waals surface area contributed by atoms with Crippen LogP contribution in [0.1, 0.15) is 17.0 Å². The number of nitrogens with zero attached hydrogens (tertiary/aromatic N) is 2. The van der Waals surface area contributed by atoms with Gasteiger partial charge in [-0.1, -0.05) is 0 Å². The minimum Gasteiger partial charge on any atom is -0.380 e. The molecule has 2 rings (SSSR count). The molecule has 0 saturated carbocycles. The van der Waals surface area contributed by atoms with Gasteiger partial charge in [-0.05, 0) is 13.3 Å². The van der Waals surface area contributed by atoms with E-state index in [1.165, 1.54) is 4.88 Å². The van der Waals surface area contributed by atoms with Crippen molar-refractivity contribution < 1.29 is 4.74 Å². The summed E-state index contributed by atoms with van der Waals surface area (Å²) in [5, 5.41) is 1.10. The van der Waals surface area contributed by atoms with Crippen molar-refractivity contribution in [2.24, 2.45) is 5.73 Å². The number of hydrogen-bond acceptors (Lipinski definition) is 5. The molecule has 0 aromatic carbocycles. The van der Waals surface area contributed by atoms with E-state index in [1.54, 1.807) is 11.3 Å². The molecule has 1 aliphatic rings. The van der Waals surface area contributed by atoms with Crippen LogP contribution in [0.3, 0.4) is 0 Å². The topological polar surface area (TPSA) is 51.4 Å². The summed E-state index contributed by atoms with van der Waals surface area (Å²) in [5.74, 6) is 0. The number of anilines is 1. The zero-order valence-electron chi connectivity index (χ0n) is 9.03. The minimum absolute atomic E-state index is 0.591. The van der Waals surface area contributed by atoms with E-state index < -0.39 is 0 Å². The van der Waals surface area contributed by atoms with E-state index in [2.05, 4.69) is 9.88 Å². The van der Waals surface area contributed by atoms with Crippen LogP contribution in [-0.4, -0.2) is 31.3 Å². The van der Waals surface area contributed by atoms with Gasteiger partial charge in [0, 0.05) is 31.1 Å². The monoisotopic (exact) mass is 227 g/mol. The molecule has 0 unspecified atom stereocenters. The fraction of sp³-hybridized carbons (Fsp3) is 0.700. The Morgan fingerprint density at radius 3 is 3.07 bits per heavy atom. The largest absolute Gasteiger partial charge is 0.380 e. The maximum atomic E-state index is 5.65. The third-order valence-electron chi connectivity index (χ3n) is 2.56. The molecule has 84 valence electrons. The van der Waals surface area contributed by atoms with Crippen molar-refractivity contribution in [2.45, 2.75) is 19.9 Å². The van der Waals surface area contributed by atoms with Crippen molar-refractivity contribution in [3.8, 4) is 0 Å². The maximum absolute atomic E-state index is 5.65. The van der Waals surface area contributed by atoms with Crippen LogP contribution in [0.2, 0.25) is 0 Å². The van der Waals surface area contributed by atoms with Gasteiger partial charge in [0.15, 0.2) is 5.13 Å². The van der Waals surface area contributed by atoms with Crippen LogP contribution in [0.25, 0.3) is 0 Å². The molecule has 1 aliphatic heterocycles. The summed E-state index contributed by atoms with van der Waals surface area (Å²) in [4.78, 5) is 8.04. The first-order valence-electron chi connectivity index (χ1n) is 5.30. The molecule has 4 nitrogen and oxygen atoms in total. The van der Waals surface area contributed by atoms with Gasteiger partial charge in [-0.2, -0.15) is 0 Å². The molecular weight excluding hydrogens is 210 g/mol. The van der Waals surface area contributed by atoms with E-state index in [1.807, 2.05) is 6.92 Å². The van der Waals surface area contributed by atoms with Crippen molar-refractivity contribution in [3.63, 3.8) is 0 Å². The van der Waals surface area contributed by atoms with Crippen LogP contribution in [0.4, 0.5) is 5.13 Å². The Kier molecular flexibility index (Phi) is 3.56. The molecule has 0 radical (unpaired) electrons. The first-order chi connectivity index (χ1) is 7.31. The molecule has 1 fully saturated rings. The highest BCUT2D eigenvalue weighted by molar-refractivity contribution is 7.15. The number of thiazole rings is 1. The van der Waals surface area contributed by atoms with Crippen LogP contribution in [-0.2, 0) is 11.3 Å². The molecule has 0 bridgehead atoms. The highest BCUT2D eigenvalue weighted by Crippen LogP contribution is 2.26. The lowest BCUT2D eigenvalue weighted by Gasteiger charge is -2.17. The molecule has 2 N–H and O–H groups in total. The highest BCUT2D eigenvalue weighted by atomic mass is 32.1. The smallest absolute Gasteiger partial charge is 0.185 e. The number of hydrogen-bond donors (Lipinski definition) is 1. The second kappa shape index (κ2) is 4.92. The summed E-state index contributed by atoms with van der Waals surface area (Å²) >= 11 is 1.71. The minimum atomic E-state index is 0.591. The van der Waals surface area contributed by atoms with Gasteiger partial charge in [0.1, 0.15) is 0 Å². The van der Waals surface area contributed by atoms with E-state index in [9.17, 15) is 0 Å². The van der Waals surface area contributed by atoms with Crippen LogP contribution >= 0.6 is 11.3 Å². The molecule has 0 aliphatic carbocycles. The Morgan fingerprint density at radius 1 is 1.47 bits per heavy atom. The third-order valence-corrected chi connectivity index (χ3v) is 3.80. The van der Waals surface area contributed by atoms with E-state index in [0.717, 1.165) is 43.5 Å². The van der Waals surface area contributed by atoms with Gasteiger partial charge in [-0.3, -0.25) is 0 Å². The van der Waals surface area contributed by atoms with Crippen molar-refractivity contribution in [3.05, 3.63) is 10.6 Å². The summed E-state index contributed by atoms with van der Waals surface area (Å²) in [6.07, 6.45) is 1.08. The van der Waals surface area contributed by atoms with Crippen LogP contribution in [0.5, 0.6) is 0 Å². The van der Waals surface area contributed by atoms with Crippen molar-refractivity contribution in [2.75, 3.05) is 31.2 Å². The Labute approximate surface area is 94.1 Å². The summed E-state index contributed by atoms with van der Waals surface area (Å²) in [6, 6.07) is 0. The Balaban J connectivity index is 2.12. The number of rotatable bonds is 2. The number of ether oxygens (including phenoxy) is 1. The normalized spacial score (nSPS) is 17.9. The number of aromatic nitrogens is 1. The molecule has 0 atom stereocenters. The predicted octanol–water partition coefficient (Wildman–Crippen LogP) is 1.14. The number of aryl methyl sites for hydroxylation is 1. The van der Waals surface area contributed by atoms with Gasteiger partial charge in [-0.25, -0.2) is 4.98 Å². The molecule has 0 spiro atoms. The third kappa shape index (κ3) is 2.48. The SMILES string of the molecule is Cc1nc(N2CCCOCC2)sc1CN. The van der Waals surface area contributed by atoms with Gasteiger partial charge in [0.05, 0.1) is 12.3 Å². The fourth-order valence-electron chi connectivity index (χ4n) is 1.67. The van der Waals surface area contributed by atoms with E-state index >= 15 is 0 Å². The van der Waals surface area contributed by atoms with Gasteiger partial charge in [-0.15, -0.1) is 11.3 Å². The Bertz CT molecular complexity index is 318. The summed E-state index contributed by atoms with van der Waals surface area (Å²) in [5.41, 5.74) is 6.72. The molecule has 1 saturated heterocycles. The molecule has 1 aromatic heterocycles. The Morgan fingerprint density at radius 2 is 2.33 bits per heavy atom. The molecule has 5 heteroatoms. The summed E-state index contributed by atoms with van der Waals surface area (Å²) in [7, 11) is 0. The zero-order valence-corrected chi connectivity index (χ0v) is 9.85. The van der Waals surface area contributed by atoms with E-state index in [0.29, 0.717) is 6.54 Å². The molecular formula is C10H17N3OS. The lowest BCUT2D eigenvalue weighted by atomic mass is 10.4. The first-order valence-corrected chi connectivity index (χ1v) is 6.12. The second-order valence-electron chi connectivity index (χ2n) is 3.66. The van der Waals surface area contributed by atoms with E-state index in [-0.39, 0.29) is 0 Å². The average Bonchev–Trinajstić information content (AvgIpc) is 2.48. The lowest BCUT2D eigenvalue weighted by molar-refractivity contribution is 0.152. The molecule has 1 aromatic rings. The summed E-state index contributed by atoms with van der Waals surface area (Å²) < 4.78 is 5.42. The quantitative estimate of drug-likeness (QED) is 0.823. The van der Waals surface area contributed by atoms with Gasteiger partial charge in [0.25, 0.3) is 0 Å². The van der Waals surface area contributed by atoms with Gasteiger partial charge >= 0.3 is 0 Å². The zero-order chi connectivity index (χ0) is 10.7. The number of nitrogens with two attached hydrogens (primary N) is 1.